The first-order chi connectivity index (χ1) is 9.10. The maximum atomic E-state index is 13.3. The average molecular weight is 322 g/mol. The van der Waals surface area contributed by atoms with Gasteiger partial charge < -0.3 is 5.32 Å². The molecule has 0 aliphatic carbocycles. The van der Waals surface area contributed by atoms with Gasteiger partial charge in [-0.2, -0.15) is 0 Å². The lowest BCUT2D eigenvalue weighted by Crippen LogP contribution is -2.10. The predicted octanol–water partition coefficient (Wildman–Crippen LogP) is 5.46. The van der Waals surface area contributed by atoms with E-state index < -0.39 is 0 Å². The lowest BCUT2D eigenvalue weighted by Gasteiger charge is -2.20. The van der Waals surface area contributed by atoms with Gasteiger partial charge in [0.1, 0.15) is 5.82 Å². The SMILES string of the molecule is CCC(Nc1ccc(Br)cc1C)c1cccc(F)c1. The van der Waals surface area contributed by atoms with Crippen LogP contribution in [-0.4, -0.2) is 0 Å². The van der Waals surface area contributed by atoms with Crippen molar-refractivity contribution in [1.29, 1.82) is 0 Å². The van der Waals surface area contributed by atoms with Gasteiger partial charge in [-0.25, -0.2) is 4.39 Å². The molecule has 0 spiro atoms. The molecule has 1 unspecified atom stereocenters. The molecule has 0 aliphatic heterocycles. The second-order valence-electron chi connectivity index (χ2n) is 4.62. The Kier molecular flexibility index (Phi) is 4.59. The topological polar surface area (TPSA) is 12.0 Å². The van der Waals surface area contributed by atoms with Crippen LogP contribution < -0.4 is 5.32 Å². The minimum atomic E-state index is -0.190. The van der Waals surface area contributed by atoms with E-state index >= 15 is 0 Å². The summed E-state index contributed by atoms with van der Waals surface area (Å²) in [5.41, 5.74) is 3.23. The summed E-state index contributed by atoms with van der Waals surface area (Å²) in [5, 5.41) is 3.48. The number of rotatable bonds is 4. The molecule has 1 nitrogen and oxygen atoms in total. The van der Waals surface area contributed by atoms with E-state index in [2.05, 4.69) is 41.2 Å². The van der Waals surface area contributed by atoms with Crippen molar-refractivity contribution < 1.29 is 4.39 Å². The maximum absolute atomic E-state index is 13.3. The van der Waals surface area contributed by atoms with Crippen LogP contribution in [-0.2, 0) is 0 Å². The van der Waals surface area contributed by atoms with Crippen molar-refractivity contribution in [1.82, 2.24) is 0 Å². The quantitative estimate of drug-likeness (QED) is 0.788. The van der Waals surface area contributed by atoms with E-state index in [1.807, 2.05) is 18.2 Å². The monoisotopic (exact) mass is 321 g/mol. The number of anilines is 1. The van der Waals surface area contributed by atoms with E-state index in [0.717, 1.165) is 22.1 Å². The summed E-state index contributed by atoms with van der Waals surface area (Å²) in [7, 11) is 0. The molecule has 2 aromatic carbocycles. The van der Waals surface area contributed by atoms with Crippen LogP contribution in [0.4, 0.5) is 10.1 Å². The molecule has 0 heterocycles. The largest absolute Gasteiger partial charge is 0.378 e. The molecule has 0 bridgehead atoms. The van der Waals surface area contributed by atoms with Crippen molar-refractivity contribution in [2.24, 2.45) is 0 Å². The zero-order valence-corrected chi connectivity index (χ0v) is 12.7. The minimum absolute atomic E-state index is 0.121. The van der Waals surface area contributed by atoms with Crippen LogP contribution in [0.3, 0.4) is 0 Å². The molecule has 2 rings (SSSR count). The summed E-state index contributed by atoms with van der Waals surface area (Å²) in [4.78, 5) is 0. The van der Waals surface area contributed by atoms with Gasteiger partial charge in [-0.15, -0.1) is 0 Å². The van der Waals surface area contributed by atoms with Crippen molar-refractivity contribution in [2.75, 3.05) is 5.32 Å². The summed E-state index contributed by atoms with van der Waals surface area (Å²) in [5.74, 6) is -0.190. The first-order valence-electron chi connectivity index (χ1n) is 6.38. The Balaban J connectivity index is 2.24. The number of hydrogen-bond acceptors (Lipinski definition) is 1. The molecule has 3 heteroatoms. The molecule has 0 radical (unpaired) electrons. The van der Waals surface area contributed by atoms with Gasteiger partial charge >= 0.3 is 0 Å². The van der Waals surface area contributed by atoms with Crippen LogP contribution >= 0.6 is 15.9 Å². The van der Waals surface area contributed by atoms with E-state index in [1.54, 1.807) is 12.1 Å². The Hall–Kier alpha value is -1.35. The van der Waals surface area contributed by atoms with Gasteiger partial charge in [0.05, 0.1) is 6.04 Å². The molecule has 19 heavy (non-hydrogen) atoms. The standard InChI is InChI=1S/C16H17BrFN/c1-3-15(12-5-4-6-14(18)10-12)19-16-8-7-13(17)9-11(16)2/h4-10,15,19H,3H2,1-2H3. The fraction of sp³-hybridized carbons (Fsp3) is 0.250. The van der Waals surface area contributed by atoms with Gasteiger partial charge in [-0.3, -0.25) is 0 Å². The van der Waals surface area contributed by atoms with Crippen LogP contribution in [0.2, 0.25) is 0 Å². The highest BCUT2D eigenvalue weighted by molar-refractivity contribution is 9.10. The summed E-state index contributed by atoms with van der Waals surface area (Å²) >= 11 is 3.46. The summed E-state index contributed by atoms with van der Waals surface area (Å²) in [6.45, 7) is 4.15. The molecule has 2 aromatic rings. The van der Waals surface area contributed by atoms with Gasteiger partial charge in [-0.1, -0.05) is 35.0 Å². The van der Waals surface area contributed by atoms with Gasteiger partial charge in [0.2, 0.25) is 0 Å². The van der Waals surface area contributed by atoms with E-state index in [9.17, 15) is 4.39 Å². The zero-order chi connectivity index (χ0) is 13.8. The Bertz CT molecular complexity index is 568. The number of halogens is 2. The first-order valence-corrected chi connectivity index (χ1v) is 7.17. The molecule has 0 aliphatic rings. The molecular formula is C16H17BrFN. The second-order valence-corrected chi connectivity index (χ2v) is 5.54. The Morgan fingerprint density at radius 3 is 2.63 bits per heavy atom. The van der Waals surface area contributed by atoms with E-state index in [-0.39, 0.29) is 11.9 Å². The van der Waals surface area contributed by atoms with Gasteiger partial charge in [0.25, 0.3) is 0 Å². The molecule has 100 valence electrons. The van der Waals surface area contributed by atoms with Crippen LogP contribution in [0, 0.1) is 12.7 Å². The molecule has 0 aromatic heterocycles. The third-order valence-corrected chi connectivity index (χ3v) is 3.67. The van der Waals surface area contributed by atoms with Crippen LogP contribution in [0.15, 0.2) is 46.9 Å². The van der Waals surface area contributed by atoms with Crippen LogP contribution in [0.25, 0.3) is 0 Å². The van der Waals surface area contributed by atoms with E-state index in [0.29, 0.717) is 0 Å². The molecular weight excluding hydrogens is 305 g/mol. The number of aryl methyl sites for hydroxylation is 1. The highest BCUT2D eigenvalue weighted by Crippen LogP contribution is 2.27. The molecule has 1 atom stereocenters. The maximum Gasteiger partial charge on any atom is 0.123 e. The number of benzene rings is 2. The zero-order valence-electron chi connectivity index (χ0n) is 11.1. The second kappa shape index (κ2) is 6.20. The average Bonchev–Trinajstić information content (AvgIpc) is 2.38. The molecule has 0 saturated heterocycles. The molecule has 0 amide bonds. The fourth-order valence-corrected chi connectivity index (χ4v) is 2.60. The highest BCUT2D eigenvalue weighted by atomic mass is 79.9. The van der Waals surface area contributed by atoms with Crippen molar-refractivity contribution >= 4 is 21.6 Å². The van der Waals surface area contributed by atoms with Crippen molar-refractivity contribution in [3.05, 3.63) is 63.9 Å². The Morgan fingerprint density at radius 1 is 1.21 bits per heavy atom. The van der Waals surface area contributed by atoms with E-state index in [4.69, 9.17) is 0 Å². The Labute approximate surface area is 122 Å². The first kappa shape index (κ1) is 14.1. The smallest absolute Gasteiger partial charge is 0.123 e. The molecule has 1 N–H and O–H groups in total. The summed E-state index contributed by atoms with van der Waals surface area (Å²) in [6.07, 6.45) is 0.902. The van der Waals surface area contributed by atoms with Crippen molar-refractivity contribution in [2.45, 2.75) is 26.3 Å². The van der Waals surface area contributed by atoms with Crippen molar-refractivity contribution in [3.63, 3.8) is 0 Å². The summed E-state index contributed by atoms with van der Waals surface area (Å²) < 4.78 is 14.4. The predicted molar refractivity (Wildman–Crippen MR) is 81.9 cm³/mol. The highest BCUT2D eigenvalue weighted by Gasteiger charge is 2.11. The Morgan fingerprint density at radius 2 is 2.00 bits per heavy atom. The third kappa shape index (κ3) is 3.57. The van der Waals surface area contributed by atoms with Gasteiger partial charge in [0.15, 0.2) is 0 Å². The minimum Gasteiger partial charge on any atom is -0.378 e. The lowest BCUT2D eigenvalue weighted by atomic mass is 10.0. The van der Waals surface area contributed by atoms with Crippen molar-refractivity contribution in [3.8, 4) is 0 Å². The van der Waals surface area contributed by atoms with Crippen LogP contribution in [0.5, 0.6) is 0 Å². The summed E-state index contributed by atoms with van der Waals surface area (Å²) in [6, 6.07) is 13.0. The number of nitrogens with one attached hydrogen (secondary N) is 1. The normalized spacial score (nSPS) is 12.2. The number of hydrogen-bond donors (Lipinski definition) is 1. The third-order valence-electron chi connectivity index (χ3n) is 3.18. The van der Waals surface area contributed by atoms with E-state index in [1.165, 1.54) is 11.6 Å². The molecule has 0 fully saturated rings. The van der Waals surface area contributed by atoms with Crippen LogP contribution in [0.1, 0.15) is 30.5 Å². The lowest BCUT2D eigenvalue weighted by molar-refractivity contribution is 0.621. The molecule has 0 saturated carbocycles. The van der Waals surface area contributed by atoms with Gasteiger partial charge in [0, 0.05) is 10.2 Å². The fourth-order valence-electron chi connectivity index (χ4n) is 2.12. The van der Waals surface area contributed by atoms with Gasteiger partial charge in [-0.05, 0) is 54.8 Å².